The number of ether oxygens (including phenoxy) is 2. The highest BCUT2D eigenvalue weighted by atomic mass is 79.9. The summed E-state index contributed by atoms with van der Waals surface area (Å²) in [6.45, 7) is 7.84. The van der Waals surface area contributed by atoms with Crippen molar-refractivity contribution in [3.8, 4) is 0 Å². The van der Waals surface area contributed by atoms with Crippen molar-refractivity contribution in [1.29, 1.82) is 0 Å². The van der Waals surface area contributed by atoms with Gasteiger partial charge in [-0.3, -0.25) is 0 Å². The topological polar surface area (TPSA) is 18.5 Å². The summed E-state index contributed by atoms with van der Waals surface area (Å²) in [6.07, 6.45) is 1.91. The lowest BCUT2D eigenvalue weighted by atomic mass is 9.95. The van der Waals surface area contributed by atoms with Gasteiger partial charge in [-0.15, -0.1) is 6.58 Å². The van der Waals surface area contributed by atoms with Gasteiger partial charge in [0.1, 0.15) is 0 Å². The van der Waals surface area contributed by atoms with Crippen LogP contribution in [0.15, 0.2) is 12.7 Å². The van der Waals surface area contributed by atoms with Crippen LogP contribution in [0.25, 0.3) is 0 Å². The van der Waals surface area contributed by atoms with Crippen LogP contribution in [0.5, 0.6) is 0 Å². The molecule has 0 fully saturated rings. The zero-order valence-corrected chi connectivity index (χ0v) is 9.39. The highest BCUT2D eigenvalue weighted by molar-refractivity contribution is 9.09. The van der Waals surface area contributed by atoms with Crippen LogP contribution in [0.4, 0.5) is 0 Å². The lowest BCUT2D eigenvalue weighted by molar-refractivity contribution is 0.0430. The highest BCUT2D eigenvalue weighted by Gasteiger charge is 2.18. The van der Waals surface area contributed by atoms with Gasteiger partial charge in [0.25, 0.3) is 0 Å². The molecule has 0 aromatic heterocycles. The predicted molar refractivity (Wildman–Crippen MR) is 54.8 cm³/mol. The molecule has 72 valence electrons. The minimum Gasteiger partial charge on any atom is -0.382 e. The summed E-state index contributed by atoms with van der Waals surface area (Å²) in [6, 6.07) is 0. The average molecular weight is 237 g/mol. The Morgan fingerprint density at radius 1 is 1.50 bits per heavy atom. The van der Waals surface area contributed by atoms with Gasteiger partial charge in [0.15, 0.2) is 0 Å². The molecule has 2 nitrogen and oxygen atoms in total. The Hall–Kier alpha value is 0.140. The molecule has 0 spiro atoms. The SMILES string of the molecule is C=CC(C)(CBr)COCCOC. The van der Waals surface area contributed by atoms with E-state index in [9.17, 15) is 0 Å². The van der Waals surface area contributed by atoms with Crippen molar-refractivity contribution in [1.82, 2.24) is 0 Å². The van der Waals surface area contributed by atoms with Crippen molar-refractivity contribution in [2.45, 2.75) is 6.92 Å². The van der Waals surface area contributed by atoms with E-state index in [1.807, 2.05) is 6.08 Å². The molecular weight excluding hydrogens is 220 g/mol. The molecule has 0 N–H and O–H groups in total. The number of hydrogen-bond acceptors (Lipinski definition) is 2. The Balaban J connectivity index is 3.51. The van der Waals surface area contributed by atoms with E-state index in [1.54, 1.807) is 7.11 Å². The van der Waals surface area contributed by atoms with Crippen LogP contribution < -0.4 is 0 Å². The summed E-state index contributed by atoms with van der Waals surface area (Å²) in [5.41, 5.74) is 0.0355. The van der Waals surface area contributed by atoms with Crippen LogP contribution in [0.1, 0.15) is 6.92 Å². The molecule has 0 rings (SSSR count). The summed E-state index contributed by atoms with van der Waals surface area (Å²) >= 11 is 3.42. The Labute approximate surface area is 83.1 Å². The van der Waals surface area contributed by atoms with Gasteiger partial charge >= 0.3 is 0 Å². The van der Waals surface area contributed by atoms with Crippen LogP contribution in [-0.2, 0) is 9.47 Å². The predicted octanol–water partition coefficient (Wildman–Crippen LogP) is 2.24. The largest absolute Gasteiger partial charge is 0.382 e. The van der Waals surface area contributed by atoms with E-state index in [-0.39, 0.29) is 5.41 Å². The fraction of sp³-hybridized carbons (Fsp3) is 0.778. The molecule has 1 atom stereocenters. The monoisotopic (exact) mass is 236 g/mol. The molecule has 3 heteroatoms. The number of methoxy groups -OCH3 is 1. The first-order chi connectivity index (χ1) is 5.68. The molecule has 0 aromatic rings. The zero-order valence-electron chi connectivity index (χ0n) is 7.81. The normalized spacial score (nSPS) is 15.6. The minimum absolute atomic E-state index is 0.0355. The van der Waals surface area contributed by atoms with Crippen molar-refractivity contribution in [3.05, 3.63) is 12.7 Å². The van der Waals surface area contributed by atoms with E-state index in [1.165, 1.54) is 0 Å². The zero-order chi connectivity index (χ0) is 9.45. The quantitative estimate of drug-likeness (QED) is 0.384. The van der Waals surface area contributed by atoms with E-state index in [0.717, 1.165) is 5.33 Å². The van der Waals surface area contributed by atoms with E-state index in [2.05, 4.69) is 29.4 Å². The maximum Gasteiger partial charge on any atom is 0.0700 e. The van der Waals surface area contributed by atoms with Crippen molar-refractivity contribution in [2.24, 2.45) is 5.41 Å². The third kappa shape index (κ3) is 4.91. The van der Waals surface area contributed by atoms with Crippen LogP contribution >= 0.6 is 15.9 Å². The molecule has 0 saturated heterocycles. The van der Waals surface area contributed by atoms with Crippen LogP contribution in [0.2, 0.25) is 0 Å². The average Bonchev–Trinajstić information content (AvgIpc) is 2.12. The summed E-state index contributed by atoms with van der Waals surface area (Å²) in [4.78, 5) is 0. The summed E-state index contributed by atoms with van der Waals surface area (Å²) in [5, 5.41) is 0.872. The molecular formula is C9H17BrO2. The summed E-state index contributed by atoms with van der Waals surface area (Å²) < 4.78 is 10.3. The first-order valence-electron chi connectivity index (χ1n) is 3.95. The third-order valence-electron chi connectivity index (χ3n) is 1.66. The Kier molecular flexibility index (Phi) is 6.71. The van der Waals surface area contributed by atoms with Crippen molar-refractivity contribution >= 4 is 15.9 Å². The molecule has 0 aliphatic heterocycles. The van der Waals surface area contributed by atoms with Gasteiger partial charge in [0.05, 0.1) is 19.8 Å². The van der Waals surface area contributed by atoms with Gasteiger partial charge in [-0.1, -0.05) is 28.9 Å². The molecule has 0 aliphatic rings. The standard InChI is InChI=1S/C9H17BrO2/c1-4-9(2,7-10)8-12-6-5-11-3/h4H,1,5-8H2,2-3H3. The third-order valence-corrected chi connectivity index (χ3v) is 2.94. The molecule has 0 aliphatic carbocycles. The fourth-order valence-electron chi connectivity index (χ4n) is 0.600. The Bertz CT molecular complexity index is 128. The summed E-state index contributed by atoms with van der Waals surface area (Å²) in [7, 11) is 1.67. The van der Waals surface area contributed by atoms with Gasteiger partial charge in [0.2, 0.25) is 0 Å². The van der Waals surface area contributed by atoms with Gasteiger partial charge < -0.3 is 9.47 Å². The molecule has 12 heavy (non-hydrogen) atoms. The smallest absolute Gasteiger partial charge is 0.0700 e. The lowest BCUT2D eigenvalue weighted by Gasteiger charge is -2.22. The molecule has 0 radical (unpaired) electrons. The van der Waals surface area contributed by atoms with Gasteiger partial charge in [-0.05, 0) is 0 Å². The van der Waals surface area contributed by atoms with Gasteiger partial charge in [-0.2, -0.15) is 0 Å². The number of alkyl halides is 1. The van der Waals surface area contributed by atoms with E-state index >= 15 is 0 Å². The molecule has 0 amide bonds. The molecule has 0 bridgehead atoms. The molecule has 0 aromatic carbocycles. The number of hydrogen-bond donors (Lipinski definition) is 0. The second kappa shape index (κ2) is 6.63. The fourth-order valence-corrected chi connectivity index (χ4v) is 0.990. The minimum atomic E-state index is 0.0355. The number of halogens is 1. The first-order valence-corrected chi connectivity index (χ1v) is 5.07. The second-order valence-electron chi connectivity index (χ2n) is 3.04. The second-order valence-corrected chi connectivity index (χ2v) is 3.60. The van der Waals surface area contributed by atoms with Crippen LogP contribution in [0, 0.1) is 5.41 Å². The molecule has 1 unspecified atom stereocenters. The van der Waals surface area contributed by atoms with Gasteiger partial charge in [0, 0.05) is 17.9 Å². The first kappa shape index (κ1) is 12.1. The van der Waals surface area contributed by atoms with Gasteiger partial charge in [-0.25, -0.2) is 0 Å². The van der Waals surface area contributed by atoms with E-state index in [0.29, 0.717) is 19.8 Å². The van der Waals surface area contributed by atoms with Crippen molar-refractivity contribution < 1.29 is 9.47 Å². The maximum atomic E-state index is 5.39. The highest BCUT2D eigenvalue weighted by Crippen LogP contribution is 2.20. The van der Waals surface area contributed by atoms with Crippen molar-refractivity contribution in [2.75, 3.05) is 32.3 Å². The lowest BCUT2D eigenvalue weighted by Crippen LogP contribution is -2.23. The number of rotatable bonds is 7. The van der Waals surface area contributed by atoms with Crippen LogP contribution in [-0.4, -0.2) is 32.3 Å². The molecule has 0 saturated carbocycles. The van der Waals surface area contributed by atoms with E-state index < -0.39 is 0 Å². The Morgan fingerprint density at radius 3 is 2.58 bits per heavy atom. The van der Waals surface area contributed by atoms with Crippen molar-refractivity contribution in [3.63, 3.8) is 0 Å². The molecule has 0 heterocycles. The Morgan fingerprint density at radius 2 is 2.17 bits per heavy atom. The maximum absolute atomic E-state index is 5.39. The van der Waals surface area contributed by atoms with Crippen LogP contribution in [0.3, 0.4) is 0 Å². The summed E-state index contributed by atoms with van der Waals surface area (Å²) in [5.74, 6) is 0. The van der Waals surface area contributed by atoms with E-state index in [4.69, 9.17) is 9.47 Å².